The Hall–Kier alpha value is -0.690. The lowest BCUT2D eigenvalue weighted by molar-refractivity contribution is 1.18. The molecule has 0 saturated carbocycles. The van der Waals surface area contributed by atoms with E-state index in [0.717, 1.165) is 0 Å². The molecule has 1 aromatic rings. The molecule has 0 fully saturated rings. The highest BCUT2D eigenvalue weighted by molar-refractivity contribution is 7.99. The van der Waals surface area contributed by atoms with Crippen LogP contribution in [0.2, 0.25) is 0 Å². The maximum atomic E-state index is 2.23. The molecule has 0 spiro atoms. The topological polar surface area (TPSA) is 0 Å². The Morgan fingerprint density at radius 2 is 2.17 bits per heavy atom. The van der Waals surface area contributed by atoms with Crippen molar-refractivity contribution in [3.63, 3.8) is 0 Å². The number of benzene rings is 1. The second-order valence-electron chi connectivity index (χ2n) is 2.91. The van der Waals surface area contributed by atoms with E-state index in [1.807, 2.05) is 11.8 Å². The van der Waals surface area contributed by atoms with Gasteiger partial charge >= 0.3 is 0 Å². The fourth-order valence-electron chi connectivity index (χ4n) is 1.56. The van der Waals surface area contributed by atoms with Crippen molar-refractivity contribution in [2.24, 2.45) is 0 Å². The molecule has 12 heavy (non-hydrogen) atoms. The molecule has 0 nitrogen and oxygen atoms in total. The van der Waals surface area contributed by atoms with Crippen LogP contribution >= 0.6 is 11.8 Å². The van der Waals surface area contributed by atoms with Gasteiger partial charge in [0.15, 0.2) is 0 Å². The predicted octanol–water partition coefficient (Wildman–Crippen LogP) is 3.59. The Morgan fingerprint density at radius 1 is 1.33 bits per heavy atom. The molecule has 0 saturated heterocycles. The van der Waals surface area contributed by atoms with Gasteiger partial charge in [-0.1, -0.05) is 24.3 Å². The summed E-state index contributed by atoms with van der Waals surface area (Å²) >= 11 is 1.97. The van der Waals surface area contributed by atoms with E-state index in [1.165, 1.54) is 28.2 Å². The van der Waals surface area contributed by atoms with Crippen LogP contribution in [0.4, 0.5) is 0 Å². The first kappa shape index (κ1) is 7.93. The van der Waals surface area contributed by atoms with Gasteiger partial charge in [0.1, 0.15) is 0 Å². The molecule has 1 heteroatoms. The summed E-state index contributed by atoms with van der Waals surface area (Å²) in [6.45, 7) is 2.13. The lowest BCUT2D eigenvalue weighted by Crippen LogP contribution is -1.96. The maximum Gasteiger partial charge on any atom is 0.0147 e. The average molecular weight is 176 g/mol. The highest BCUT2D eigenvalue weighted by Crippen LogP contribution is 2.36. The van der Waals surface area contributed by atoms with Gasteiger partial charge in [0.2, 0.25) is 0 Å². The number of hydrogen-bond acceptors (Lipinski definition) is 1. The lowest BCUT2D eigenvalue weighted by atomic mass is 10.0. The van der Waals surface area contributed by atoms with Gasteiger partial charge in [0.25, 0.3) is 0 Å². The van der Waals surface area contributed by atoms with E-state index in [2.05, 4.69) is 37.3 Å². The third-order valence-corrected chi connectivity index (χ3v) is 3.29. The zero-order valence-electron chi connectivity index (χ0n) is 7.21. The van der Waals surface area contributed by atoms with Crippen molar-refractivity contribution < 1.29 is 0 Å². The monoisotopic (exact) mass is 176 g/mol. The second-order valence-corrected chi connectivity index (χ2v) is 4.05. The highest BCUT2D eigenvalue weighted by atomic mass is 32.2. The van der Waals surface area contributed by atoms with Crippen molar-refractivity contribution in [1.29, 1.82) is 0 Å². The van der Waals surface area contributed by atoms with Gasteiger partial charge in [-0.25, -0.2) is 0 Å². The average Bonchev–Trinajstić information content (AvgIpc) is 2.17. The summed E-state index contributed by atoms with van der Waals surface area (Å²) in [6.07, 6.45) is 3.46. The van der Waals surface area contributed by atoms with E-state index in [9.17, 15) is 0 Å². The van der Waals surface area contributed by atoms with E-state index >= 15 is 0 Å². The number of allylic oxidation sites excluding steroid dienone is 2. The summed E-state index contributed by atoms with van der Waals surface area (Å²) in [5.41, 5.74) is 2.94. The van der Waals surface area contributed by atoms with Crippen LogP contribution in [0.3, 0.4) is 0 Å². The minimum atomic E-state index is 1.22. The number of thioether (sulfide) groups is 1. The van der Waals surface area contributed by atoms with Gasteiger partial charge < -0.3 is 0 Å². The molecule has 0 atom stereocenters. The summed E-state index contributed by atoms with van der Waals surface area (Å²) in [4.78, 5) is 1.44. The number of rotatable bonds is 0. The first-order chi connectivity index (χ1) is 5.92. The Labute approximate surface area is 77.7 Å². The smallest absolute Gasteiger partial charge is 0.0147 e. The molecule has 1 heterocycles. The van der Waals surface area contributed by atoms with E-state index in [1.54, 1.807) is 0 Å². The van der Waals surface area contributed by atoms with Crippen LogP contribution in [-0.2, 0) is 0 Å². The summed E-state index contributed by atoms with van der Waals surface area (Å²) in [7, 11) is 0. The standard InChI is InChI=1S/C11H12S/c1-2-9-7-8-12-11-6-4-3-5-10(9)11/h2-6H,7-8H2,1H3/b9-2+. The van der Waals surface area contributed by atoms with E-state index in [4.69, 9.17) is 0 Å². The molecule has 1 aliphatic rings. The summed E-state index contributed by atoms with van der Waals surface area (Å²) in [5.74, 6) is 1.23. The zero-order valence-corrected chi connectivity index (χ0v) is 8.03. The summed E-state index contributed by atoms with van der Waals surface area (Å²) in [6, 6.07) is 8.66. The second kappa shape index (κ2) is 3.36. The first-order valence-corrected chi connectivity index (χ1v) is 5.28. The van der Waals surface area contributed by atoms with Gasteiger partial charge in [0.05, 0.1) is 0 Å². The van der Waals surface area contributed by atoms with Gasteiger partial charge in [-0.2, -0.15) is 0 Å². The summed E-state index contributed by atoms with van der Waals surface area (Å²) < 4.78 is 0. The quantitative estimate of drug-likeness (QED) is 0.582. The highest BCUT2D eigenvalue weighted by Gasteiger charge is 2.11. The van der Waals surface area contributed by atoms with Crippen LogP contribution in [0, 0.1) is 0 Å². The Balaban J connectivity index is 2.51. The minimum absolute atomic E-state index is 1.22. The van der Waals surface area contributed by atoms with Crippen molar-refractivity contribution in [1.82, 2.24) is 0 Å². The van der Waals surface area contributed by atoms with Gasteiger partial charge in [0, 0.05) is 10.6 Å². The van der Waals surface area contributed by atoms with Crippen LogP contribution in [0.25, 0.3) is 5.57 Å². The molecule has 0 N–H and O–H groups in total. The molecule has 62 valence electrons. The Bertz CT molecular complexity index is 313. The molecule has 2 rings (SSSR count). The van der Waals surface area contributed by atoms with Gasteiger partial charge in [-0.15, -0.1) is 11.8 Å². The molecule has 0 unspecified atom stereocenters. The molecule has 1 aliphatic heterocycles. The van der Waals surface area contributed by atoms with Crippen LogP contribution in [0.5, 0.6) is 0 Å². The molecule has 0 aromatic heterocycles. The van der Waals surface area contributed by atoms with Crippen molar-refractivity contribution in [2.75, 3.05) is 5.75 Å². The Morgan fingerprint density at radius 3 is 3.00 bits per heavy atom. The maximum absolute atomic E-state index is 2.23. The number of fused-ring (bicyclic) bond motifs is 1. The third kappa shape index (κ3) is 1.29. The van der Waals surface area contributed by atoms with Crippen molar-refractivity contribution in [3.8, 4) is 0 Å². The van der Waals surface area contributed by atoms with Crippen LogP contribution in [-0.4, -0.2) is 5.75 Å². The van der Waals surface area contributed by atoms with Crippen LogP contribution < -0.4 is 0 Å². The Kier molecular flexibility index (Phi) is 2.22. The van der Waals surface area contributed by atoms with E-state index in [-0.39, 0.29) is 0 Å². The molecule has 1 aromatic carbocycles. The molecule has 0 aliphatic carbocycles. The predicted molar refractivity (Wildman–Crippen MR) is 55.4 cm³/mol. The van der Waals surface area contributed by atoms with Crippen molar-refractivity contribution in [2.45, 2.75) is 18.2 Å². The largest absolute Gasteiger partial charge is 0.125 e. The fourth-order valence-corrected chi connectivity index (χ4v) is 2.63. The molecule has 0 radical (unpaired) electrons. The van der Waals surface area contributed by atoms with E-state index in [0.29, 0.717) is 0 Å². The molecule has 0 amide bonds. The van der Waals surface area contributed by atoms with Gasteiger partial charge in [-0.3, -0.25) is 0 Å². The first-order valence-electron chi connectivity index (χ1n) is 4.29. The third-order valence-electron chi connectivity index (χ3n) is 2.21. The van der Waals surface area contributed by atoms with Crippen LogP contribution in [0.1, 0.15) is 18.9 Å². The zero-order chi connectivity index (χ0) is 8.39. The van der Waals surface area contributed by atoms with Crippen LogP contribution in [0.15, 0.2) is 35.2 Å². The minimum Gasteiger partial charge on any atom is -0.125 e. The summed E-state index contributed by atoms with van der Waals surface area (Å²) in [5, 5.41) is 0. The fraction of sp³-hybridized carbons (Fsp3) is 0.273. The normalized spacial score (nSPS) is 19.2. The van der Waals surface area contributed by atoms with Gasteiger partial charge in [-0.05, 0) is 30.5 Å². The van der Waals surface area contributed by atoms with Crippen molar-refractivity contribution >= 4 is 17.3 Å². The molecular formula is C11H12S. The van der Waals surface area contributed by atoms with E-state index < -0.39 is 0 Å². The SMILES string of the molecule is C/C=C1\CCSc2ccccc21. The molecule has 0 bridgehead atoms. The lowest BCUT2D eigenvalue weighted by Gasteiger charge is -2.17. The number of hydrogen-bond donors (Lipinski definition) is 0. The van der Waals surface area contributed by atoms with Crippen molar-refractivity contribution in [3.05, 3.63) is 35.9 Å². The molecular weight excluding hydrogens is 164 g/mol.